The van der Waals surface area contributed by atoms with Crippen LogP contribution in [0, 0.1) is 24.2 Å². The Morgan fingerprint density at radius 2 is 1.71 bits per heavy atom. The number of aryl methyl sites for hydroxylation is 1. The van der Waals surface area contributed by atoms with Crippen LogP contribution >= 0.6 is 0 Å². The molecule has 0 saturated carbocycles. The molecule has 1 aliphatic rings. The van der Waals surface area contributed by atoms with Crippen LogP contribution in [0.2, 0.25) is 0 Å². The van der Waals surface area contributed by atoms with Gasteiger partial charge in [0, 0.05) is 26.1 Å². The molecule has 0 unspecified atom stereocenters. The maximum absolute atomic E-state index is 8.54. The van der Waals surface area contributed by atoms with Crippen molar-refractivity contribution in [2.45, 2.75) is 41.0 Å². The van der Waals surface area contributed by atoms with Gasteiger partial charge in [-0.2, -0.15) is 5.26 Å². The van der Waals surface area contributed by atoms with Crippen molar-refractivity contribution >= 4 is 0 Å². The summed E-state index contributed by atoms with van der Waals surface area (Å²) < 4.78 is 5.66. The molecule has 0 spiro atoms. The first kappa shape index (κ1) is 19.5. The first-order valence-electron chi connectivity index (χ1n) is 8.06. The van der Waals surface area contributed by atoms with Gasteiger partial charge in [-0.3, -0.25) is 4.90 Å². The number of hydrogen-bond acceptors (Lipinski definition) is 3. The maximum atomic E-state index is 8.54. The Balaban J connectivity index is 0.000000921. The maximum Gasteiger partial charge on any atom is 0.119 e. The number of hydrogen-bond donors (Lipinski definition) is 0. The molecule has 0 bridgehead atoms. The van der Waals surface area contributed by atoms with E-state index in [0.29, 0.717) is 12.3 Å². The van der Waals surface area contributed by atoms with Crippen molar-refractivity contribution in [3.05, 3.63) is 29.8 Å². The molecule has 2 rings (SSSR count). The third-order valence-electron chi connectivity index (χ3n) is 3.11. The topological polar surface area (TPSA) is 36.3 Å². The fourth-order valence-electron chi connectivity index (χ4n) is 2.04. The lowest BCUT2D eigenvalue weighted by Gasteiger charge is -2.37. The van der Waals surface area contributed by atoms with Gasteiger partial charge in [0.2, 0.25) is 0 Å². The van der Waals surface area contributed by atoms with Crippen molar-refractivity contribution in [2.24, 2.45) is 5.92 Å². The second kappa shape index (κ2) is 12.2. The summed E-state index contributed by atoms with van der Waals surface area (Å²) in [6.07, 6.45) is 0.690. The SMILES string of the molecule is CC.CC.Cc1ccc(OCCN2CC(CC#N)C2)cc1. The summed E-state index contributed by atoms with van der Waals surface area (Å²) in [4.78, 5) is 2.33. The van der Waals surface area contributed by atoms with Crippen molar-refractivity contribution in [1.29, 1.82) is 5.26 Å². The number of benzene rings is 1. The van der Waals surface area contributed by atoms with E-state index in [1.165, 1.54) is 5.56 Å². The van der Waals surface area contributed by atoms with E-state index in [2.05, 4.69) is 30.0 Å². The van der Waals surface area contributed by atoms with Gasteiger partial charge in [-0.1, -0.05) is 45.4 Å². The molecular formula is C18H30N2O. The molecule has 1 saturated heterocycles. The van der Waals surface area contributed by atoms with E-state index < -0.39 is 0 Å². The summed E-state index contributed by atoms with van der Waals surface area (Å²) in [7, 11) is 0. The number of rotatable bonds is 5. The summed E-state index contributed by atoms with van der Waals surface area (Å²) in [6, 6.07) is 10.3. The smallest absolute Gasteiger partial charge is 0.119 e. The van der Waals surface area contributed by atoms with Gasteiger partial charge in [0.15, 0.2) is 0 Å². The summed E-state index contributed by atoms with van der Waals surface area (Å²) in [5.41, 5.74) is 1.25. The van der Waals surface area contributed by atoms with Crippen molar-refractivity contribution in [2.75, 3.05) is 26.2 Å². The predicted molar refractivity (Wildman–Crippen MR) is 89.5 cm³/mol. The summed E-state index contributed by atoms with van der Waals surface area (Å²) >= 11 is 0. The number of likely N-dealkylation sites (tertiary alicyclic amines) is 1. The van der Waals surface area contributed by atoms with Gasteiger partial charge in [-0.05, 0) is 25.0 Å². The Bertz CT molecular complexity index is 389. The van der Waals surface area contributed by atoms with E-state index in [0.717, 1.165) is 32.0 Å². The van der Waals surface area contributed by atoms with Crippen molar-refractivity contribution in [3.8, 4) is 11.8 Å². The van der Waals surface area contributed by atoms with E-state index in [-0.39, 0.29) is 0 Å². The molecule has 118 valence electrons. The molecule has 0 amide bonds. The molecule has 0 aromatic heterocycles. The highest BCUT2D eigenvalue weighted by molar-refractivity contribution is 5.26. The third-order valence-corrected chi connectivity index (χ3v) is 3.11. The van der Waals surface area contributed by atoms with E-state index >= 15 is 0 Å². The first-order valence-corrected chi connectivity index (χ1v) is 8.06. The van der Waals surface area contributed by atoms with Crippen LogP contribution in [0.15, 0.2) is 24.3 Å². The van der Waals surface area contributed by atoms with Crippen LogP contribution in [-0.2, 0) is 0 Å². The van der Waals surface area contributed by atoms with Crippen LogP contribution in [0.5, 0.6) is 5.75 Å². The third kappa shape index (κ3) is 7.72. The average molecular weight is 290 g/mol. The summed E-state index contributed by atoms with van der Waals surface area (Å²) in [6.45, 7) is 13.8. The predicted octanol–water partition coefficient (Wildman–Crippen LogP) is 4.27. The van der Waals surface area contributed by atoms with Crippen molar-refractivity contribution in [3.63, 3.8) is 0 Å². The molecule has 1 aromatic carbocycles. The lowest BCUT2D eigenvalue weighted by Crippen LogP contribution is -2.47. The summed E-state index contributed by atoms with van der Waals surface area (Å²) in [5, 5.41) is 8.54. The molecule has 0 aliphatic carbocycles. The molecule has 0 radical (unpaired) electrons. The number of nitrogens with zero attached hydrogens (tertiary/aromatic N) is 2. The Morgan fingerprint density at radius 3 is 2.24 bits per heavy atom. The second-order valence-electron chi connectivity index (χ2n) is 4.65. The van der Waals surface area contributed by atoms with Gasteiger partial charge in [0.05, 0.1) is 6.07 Å². The van der Waals surface area contributed by atoms with Gasteiger partial charge in [-0.15, -0.1) is 0 Å². The van der Waals surface area contributed by atoms with Gasteiger partial charge in [0.25, 0.3) is 0 Å². The normalized spacial score (nSPS) is 13.7. The van der Waals surface area contributed by atoms with Crippen LogP contribution in [0.25, 0.3) is 0 Å². The van der Waals surface area contributed by atoms with Crippen molar-refractivity contribution in [1.82, 2.24) is 4.90 Å². The minimum atomic E-state index is 0.583. The van der Waals surface area contributed by atoms with E-state index in [1.54, 1.807) is 0 Å². The van der Waals surface area contributed by atoms with Gasteiger partial charge >= 0.3 is 0 Å². The highest BCUT2D eigenvalue weighted by Gasteiger charge is 2.25. The minimum absolute atomic E-state index is 0.583. The highest BCUT2D eigenvalue weighted by atomic mass is 16.5. The van der Waals surface area contributed by atoms with E-state index in [4.69, 9.17) is 10.00 Å². The van der Waals surface area contributed by atoms with E-state index in [1.807, 2.05) is 39.8 Å². The van der Waals surface area contributed by atoms with Gasteiger partial charge in [0.1, 0.15) is 12.4 Å². The Morgan fingerprint density at radius 1 is 1.14 bits per heavy atom. The molecule has 1 heterocycles. The van der Waals surface area contributed by atoms with Gasteiger partial charge < -0.3 is 4.74 Å². The Labute approximate surface area is 130 Å². The molecule has 0 atom stereocenters. The van der Waals surface area contributed by atoms with Crippen LogP contribution in [0.3, 0.4) is 0 Å². The monoisotopic (exact) mass is 290 g/mol. The van der Waals surface area contributed by atoms with Crippen LogP contribution < -0.4 is 4.74 Å². The molecule has 0 N–H and O–H groups in total. The quantitative estimate of drug-likeness (QED) is 0.812. The zero-order valence-electron chi connectivity index (χ0n) is 14.2. The van der Waals surface area contributed by atoms with Crippen molar-refractivity contribution < 1.29 is 4.74 Å². The summed E-state index contributed by atoms with van der Waals surface area (Å²) in [5.74, 6) is 1.52. The number of ether oxygens (including phenoxy) is 1. The standard InChI is InChI=1S/C14H18N2O.2C2H6/c1-12-2-4-14(5-3-12)17-9-8-16-10-13(11-16)6-7-15;2*1-2/h2-5,13H,6,8-11H2,1H3;2*1-2H3. The molecule has 3 nitrogen and oxygen atoms in total. The average Bonchev–Trinajstić information content (AvgIpc) is 2.50. The Hall–Kier alpha value is -1.53. The zero-order valence-corrected chi connectivity index (χ0v) is 14.2. The lowest BCUT2D eigenvalue weighted by molar-refractivity contribution is 0.0854. The number of nitriles is 1. The lowest BCUT2D eigenvalue weighted by atomic mass is 9.97. The van der Waals surface area contributed by atoms with Crippen LogP contribution in [-0.4, -0.2) is 31.1 Å². The molecular weight excluding hydrogens is 260 g/mol. The first-order chi connectivity index (χ1) is 10.3. The fourth-order valence-corrected chi connectivity index (χ4v) is 2.04. The van der Waals surface area contributed by atoms with Crippen LogP contribution in [0.1, 0.15) is 39.7 Å². The largest absolute Gasteiger partial charge is 0.492 e. The highest BCUT2D eigenvalue weighted by Crippen LogP contribution is 2.18. The molecule has 1 aliphatic heterocycles. The van der Waals surface area contributed by atoms with Gasteiger partial charge in [-0.25, -0.2) is 0 Å². The van der Waals surface area contributed by atoms with Crippen LogP contribution in [0.4, 0.5) is 0 Å². The zero-order chi connectivity index (χ0) is 16.1. The molecule has 1 aromatic rings. The van der Waals surface area contributed by atoms with E-state index in [9.17, 15) is 0 Å². The molecule has 1 fully saturated rings. The second-order valence-corrected chi connectivity index (χ2v) is 4.65. The minimum Gasteiger partial charge on any atom is -0.492 e. The fraction of sp³-hybridized carbons (Fsp3) is 0.611. The molecule has 3 heteroatoms. The molecule has 21 heavy (non-hydrogen) atoms. The Kier molecular flexibility index (Phi) is 11.3.